The number of hydrogen-bond acceptors (Lipinski definition) is 3. The molecule has 2 atom stereocenters. The van der Waals surface area contributed by atoms with E-state index in [1.54, 1.807) is 35.3 Å². The Morgan fingerprint density at radius 1 is 1.17 bits per heavy atom. The van der Waals surface area contributed by atoms with Crippen LogP contribution in [0.3, 0.4) is 0 Å². The first-order valence-electron chi connectivity index (χ1n) is 7.16. The first-order chi connectivity index (χ1) is 11.4. The number of benzene rings is 2. The molecule has 0 aromatic heterocycles. The lowest BCUT2D eigenvalue weighted by molar-refractivity contribution is -0.106. The van der Waals surface area contributed by atoms with Gasteiger partial charge < -0.3 is 0 Å². The molecule has 1 aliphatic rings. The SMILES string of the molecule is C[C@H]1C(C(=O)Cl)=NN(c2ccc(Cl)cc2Cl)[C@H]1c1ccc(F)cc1. The van der Waals surface area contributed by atoms with E-state index < -0.39 is 5.24 Å². The molecule has 2 aromatic rings. The third kappa shape index (κ3) is 3.14. The number of hydrogen-bond donors (Lipinski definition) is 0. The maximum Gasteiger partial charge on any atom is 0.268 e. The number of rotatable bonds is 3. The highest BCUT2D eigenvalue weighted by molar-refractivity contribution is 6.82. The number of carbonyl (C=O) groups is 1. The molecule has 0 spiro atoms. The van der Waals surface area contributed by atoms with Crippen molar-refractivity contribution in [3.05, 3.63) is 63.9 Å². The molecule has 0 amide bonds. The van der Waals surface area contributed by atoms with Crippen molar-refractivity contribution in [1.29, 1.82) is 0 Å². The third-order valence-corrected chi connectivity index (χ3v) is 4.68. The molecule has 0 N–H and O–H groups in total. The van der Waals surface area contributed by atoms with E-state index in [0.717, 1.165) is 5.56 Å². The van der Waals surface area contributed by atoms with Crippen molar-refractivity contribution in [2.24, 2.45) is 11.0 Å². The van der Waals surface area contributed by atoms with Gasteiger partial charge in [0.05, 0.1) is 16.8 Å². The summed E-state index contributed by atoms with van der Waals surface area (Å²) in [4.78, 5) is 11.7. The van der Waals surface area contributed by atoms with Gasteiger partial charge in [-0.15, -0.1) is 0 Å². The smallest absolute Gasteiger partial charge is 0.268 e. The van der Waals surface area contributed by atoms with Gasteiger partial charge in [0.15, 0.2) is 0 Å². The molecule has 3 nitrogen and oxygen atoms in total. The number of nitrogens with zero attached hydrogens (tertiary/aromatic N) is 2. The Bertz CT molecular complexity index is 823. The van der Waals surface area contributed by atoms with E-state index >= 15 is 0 Å². The molecular formula is C17H12Cl3FN2O. The largest absolute Gasteiger partial charge is 0.274 e. The second-order valence-corrected chi connectivity index (χ2v) is 6.67. The Morgan fingerprint density at radius 3 is 2.42 bits per heavy atom. The Kier molecular flexibility index (Phi) is 4.81. The van der Waals surface area contributed by atoms with Gasteiger partial charge in [0.25, 0.3) is 5.24 Å². The first kappa shape index (κ1) is 17.2. The molecule has 0 aliphatic carbocycles. The number of anilines is 1. The van der Waals surface area contributed by atoms with Crippen molar-refractivity contribution < 1.29 is 9.18 Å². The van der Waals surface area contributed by atoms with Crippen LogP contribution in [0.1, 0.15) is 18.5 Å². The summed E-state index contributed by atoms with van der Waals surface area (Å²) in [6, 6.07) is 10.7. The summed E-state index contributed by atoms with van der Waals surface area (Å²) in [6.45, 7) is 1.84. The third-order valence-electron chi connectivity index (χ3n) is 3.95. The van der Waals surface area contributed by atoms with Crippen LogP contribution >= 0.6 is 34.8 Å². The summed E-state index contributed by atoms with van der Waals surface area (Å²) >= 11 is 17.9. The average molecular weight is 386 g/mol. The normalized spacial score (nSPS) is 20.2. The minimum absolute atomic E-state index is 0.233. The molecule has 2 aromatic carbocycles. The zero-order valence-electron chi connectivity index (χ0n) is 12.5. The lowest BCUT2D eigenvalue weighted by atomic mass is 9.91. The van der Waals surface area contributed by atoms with Crippen molar-refractivity contribution >= 4 is 51.4 Å². The molecular weight excluding hydrogens is 374 g/mol. The Hall–Kier alpha value is -1.62. The van der Waals surface area contributed by atoms with Gasteiger partial charge in [-0.05, 0) is 47.5 Å². The summed E-state index contributed by atoms with van der Waals surface area (Å²) in [5.41, 5.74) is 1.62. The van der Waals surface area contributed by atoms with Crippen molar-refractivity contribution in [2.75, 3.05) is 5.01 Å². The molecule has 1 heterocycles. The minimum Gasteiger partial charge on any atom is -0.274 e. The number of halogens is 4. The second-order valence-electron chi connectivity index (χ2n) is 5.48. The number of carbonyl (C=O) groups excluding carboxylic acids is 1. The Morgan fingerprint density at radius 2 is 1.83 bits per heavy atom. The first-order valence-corrected chi connectivity index (χ1v) is 8.30. The summed E-state index contributed by atoms with van der Waals surface area (Å²) < 4.78 is 13.3. The van der Waals surface area contributed by atoms with Crippen LogP contribution in [0.5, 0.6) is 0 Å². The minimum atomic E-state index is -0.623. The molecule has 0 unspecified atom stereocenters. The summed E-state index contributed by atoms with van der Waals surface area (Å²) in [6.07, 6.45) is 0. The maximum atomic E-state index is 13.3. The molecule has 0 saturated heterocycles. The summed E-state index contributed by atoms with van der Waals surface area (Å²) in [5.74, 6) is -0.623. The van der Waals surface area contributed by atoms with E-state index in [9.17, 15) is 9.18 Å². The average Bonchev–Trinajstić information content (AvgIpc) is 2.86. The highest BCUT2D eigenvalue weighted by Crippen LogP contribution is 2.42. The molecule has 0 bridgehead atoms. The van der Waals surface area contributed by atoms with Crippen LogP contribution in [-0.4, -0.2) is 11.0 Å². The van der Waals surface area contributed by atoms with Gasteiger partial charge in [0, 0.05) is 10.9 Å². The predicted octanol–water partition coefficient (Wildman–Crippen LogP) is 5.45. The monoisotopic (exact) mass is 384 g/mol. The van der Waals surface area contributed by atoms with E-state index in [1.807, 2.05) is 6.92 Å². The molecule has 7 heteroatoms. The Balaban J connectivity index is 2.11. The second kappa shape index (κ2) is 6.71. The number of hydrazone groups is 1. The highest BCUT2D eigenvalue weighted by atomic mass is 35.5. The van der Waals surface area contributed by atoms with Crippen molar-refractivity contribution in [1.82, 2.24) is 0 Å². The lowest BCUT2D eigenvalue weighted by Crippen LogP contribution is -2.25. The molecule has 0 saturated carbocycles. The van der Waals surface area contributed by atoms with Gasteiger partial charge in [-0.2, -0.15) is 5.10 Å². The van der Waals surface area contributed by atoms with Crippen molar-refractivity contribution in [2.45, 2.75) is 13.0 Å². The van der Waals surface area contributed by atoms with Crippen LogP contribution < -0.4 is 5.01 Å². The van der Waals surface area contributed by atoms with E-state index in [-0.39, 0.29) is 23.5 Å². The van der Waals surface area contributed by atoms with E-state index in [2.05, 4.69) is 5.10 Å². The van der Waals surface area contributed by atoms with E-state index in [1.165, 1.54) is 12.1 Å². The zero-order valence-corrected chi connectivity index (χ0v) is 14.8. The fourth-order valence-electron chi connectivity index (χ4n) is 2.81. The van der Waals surface area contributed by atoms with Crippen LogP contribution in [0, 0.1) is 11.7 Å². The fraction of sp³-hybridized carbons (Fsp3) is 0.176. The van der Waals surface area contributed by atoms with Gasteiger partial charge >= 0.3 is 0 Å². The van der Waals surface area contributed by atoms with Gasteiger partial charge in [0.2, 0.25) is 0 Å². The summed E-state index contributed by atoms with van der Waals surface area (Å²) in [5, 5.41) is 6.25. The van der Waals surface area contributed by atoms with Crippen LogP contribution in [0.15, 0.2) is 47.6 Å². The molecule has 1 aliphatic heterocycles. The molecule has 124 valence electrons. The van der Waals surface area contributed by atoms with Crippen molar-refractivity contribution in [3.63, 3.8) is 0 Å². The predicted molar refractivity (Wildman–Crippen MR) is 95.5 cm³/mol. The standard InChI is InChI=1S/C17H12Cl3FN2O/c1-9-15(17(20)24)22-23(14-7-4-11(18)8-13(14)19)16(9)10-2-5-12(21)6-3-10/h2-9,16H,1H3/t9-,16+/m0/s1. The molecule has 24 heavy (non-hydrogen) atoms. The van der Waals surface area contributed by atoms with Gasteiger partial charge in [-0.3, -0.25) is 9.80 Å². The zero-order chi connectivity index (χ0) is 17.4. The maximum absolute atomic E-state index is 13.3. The van der Waals surface area contributed by atoms with Crippen LogP contribution in [0.25, 0.3) is 0 Å². The van der Waals surface area contributed by atoms with Crippen LogP contribution in [0.4, 0.5) is 10.1 Å². The van der Waals surface area contributed by atoms with Crippen molar-refractivity contribution in [3.8, 4) is 0 Å². The fourth-order valence-corrected chi connectivity index (χ4v) is 3.51. The van der Waals surface area contributed by atoms with Crippen LogP contribution in [-0.2, 0) is 4.79 Å². The van der Waals surface area contributed by atoms with Gasteiger partial charge in [0.1, 0.15) is 11.5 Å². The molecule has 0 radical (unpaired) electrons. The van der Waals surface area contributed by atoms with Crippen LogP contribution in [0.2, 0.25) is 10.0 Å². The lowest BCUT2D eigenvalue weighted by Gasteiger charge is -2.27. The molecule has 3 rings (SSSR count). The Labute approximate surface area is 153 Å². The summed E-state index contributed by atoms with van der Waals surface area (Å²) in [7, 11) is 0. The van der Waals surface area contributed by atoms with E-state index in [4.69, 9.17) is 34.8 Å². The van der Waals surface area contributed by atoms with E-state index in [0.29, 0.717) is 15.7 Å². The molecule has 0 fully saturated rings. The highest BCUT2D eigenvalue weighted by Gasteiger charge is 2.39. The van der Waals surface area contributed by atoms with Gasteiger partial charge in [-0.25, -0.2) is 4.39 Å². The topological polar surface area (TPSA) is 32.7 Å². The van der Waals surface area contributed by atoms with Gasteiger partial charge in [-0.1, -0.05) is 42.3 Å². The quantitative estimate of drug-likeness (QED) is 0.658.